The fourth-order valence-electron chi connectivity index (χ4n) is 3.34. The van der Waals surface area contributed by atoms with Crippen molar-refractivity contribution in [3.63, 3.8) is 0 Å². The van der Waals surface area contributed by atoms with Crippen molar-refractivity contribution in [3.05, 3.63) is 89.0 Å². The van der Waals surface area contributed by atoms with Crippen molar-refractivity contribution in [2.24, 2.45) is 0 Å². The van der Waals surface area contributed by atoms with Crippen LogP contribution in [0, 0.1) is 0 Å². The van der Waals surface area contributed by atoms with Gasteiger partial charge < -0.3 is 19.3 Å². The molecule has 5 heteroatoms. The number of ketones is 1. The number of ether oxygens (including phenoxy) is 3. The highest BCUT2D eigenvalue weighted by atomic mass is 16.5. The van der Waals surface area contributed by atoms with Gasteiger partial charge in [-0.25, -0.2) is 0 Å². The number of carbonyl (C=O) groups is 1. The molecule has 0 aromatic heterocycles. The van der Waals surface area contributed by atoms with E-state index in [1.54, 1.807) is 26.4 Å². The smallest absolute Gasteiger partial charge is 0.196 e. The first-order chi connectivity index (χ1) is 14.1. The Bertz CT molecular complexity index is 1080. The minimum absolute atomic E-state index is 0.0179. The van der Waals surface area contributed by atoms with E-state index in [1.807, 2.05) is 48.5 Å². The quantitative estimate of drug-likeness (QED) is 0.650. The molecular formula is C24H20O5. The standard InChI is InChI=1S/C24H20O5/c1-27-18-9-6-16(7-10-18)24-21(13-15-4-3-5-19(12-15)28-2)23(26)20-14-17(25)8-11-22(20)29-24/h3-14,24-25H,1-2H3. The van der Waals surface area contributed by atoms with Crippen LogP contribution in [0.25, 0.3) is 6.08 Å². The van der Waals surface area contributed by atoms with Gasteiger partial charge in [0.05, 0.1) is 19.8 Å². The van der Waals surface area contributed by atoms with Gasteiger partial charge in [0.25, 0.3) is 0 Å². The normalized spacial score (nSPS) is 16.8. The van der Waals surface area contributed by atoms with Crippen molar-refractivity contribution in [1.29, 1.82) is 0 Å². The topological polar surface area (TPSA) is 65.0 Å². The first kappa shape index (κ1) is 18.6. The third-order valence-corrected chi connectivity index (χ3v) is 4.83. The Balaban J connectivity index is 1.84. The molecule has 0 radical (unpaired) electrons. The third-order valence-electron chi connectivity index (χ3n) is 4.83. The SMILES string of the molecule is COc1ccc(C2Oc3ccc(O)cc3C(=O)C2=Cc2cccc(OC)c2)cc1. The molecule has 0 bridgehead atoms. The molecule has 3 aromatic rings. The average molecular weight is 388 g/mol. The summed E-state index contributed by atoms with van der Waals surface area (Å²) in [6, 6.07) is 19.4. The van der Waals surface area contributed by atoms with Gasteiger partial charge in [-0.2, -0.15) is 0 Å². The fourth-order valence-corrected chi connectivity index (χ4v) is 3.34. The van der Waals surface area contributed by atoms with Crippen LogP contribution in [0.2, 0.25) is 0 Å². The summed E-state index contributed by atoms with van der Waals surface area (Å²) < 4.78 is 16.7. The summed E-state index contributed by atoms with van der Waals surface area (Å²) >= 11 is 0. The summed E-state index contributed by atoms with van der Waals surface area (Å²) in [5.41, 5.74) is 2.45. The maximum Gasteiger partial charge on any atom is 0.196 e. The second kappa shape index (κ2) is 7.72. The molecule has 1 aliphatic heterocycles. The minimum atomic E-state index is -0.586. The Kier molecular flexibility index (Phi) is 4.96. The number of Topliss-reactive ketones (excluding diaryl/α,β-unsaturated/α-hetero) is 1. The number of phenolic OH excluding ortho intramolecular Hbond substituents is 1. The molecule has 4 rings (SSSR count). The second-order valence-corrected chi connectivity index (χ2v) is 6.66. The molecule has 0 saturated carbocycles. The van der Waals surface area contributed by atoms with E-state index in [2.05, 4.69) is 0 Å². The third kappa shape index (κ3) is 3.67. The summed E-state index contributed by atoms with van der Waals surface area (Å²) in [5.74, 6) is 1.69. The van der Waals surface area contributed by atoms with Gasteiger partial charge >= 0.3 is 0 Å². The van der Waals surface area contributed by atoms with Crippen LogP contribution in [0.5, 0.6) is 23.0 Å². The van der Waals surface area contributed by atoms with Crippen molar-refractivity contribution >= 4 is 11.9 Å². The monoisotopic (exact) mass is 388 g/mol. The van der Waals surface area contributed by atoms with Crippen LogP contribution in [0.1, 0.15) is 27.6 Å². The number of phenols is 1. The lowest BCUT2D eigenvalue weighted by molar-refractivity contribution is 0.0963. The Morgan fingerprint density at radius 3 is 2.41 bits per heavy atom. The molecule has 1 aliphatic rings. The van der Waals surface area contributed by atoms with Crippen LogP contribution >= 0.6 is 0 Å². The van der Waals surface area contributed by atoms with Crippen LogP contribution in [0.15, 0.2) is 72.3 Å². The number of fused-ring (bicyclic) bond motifs is 1. The zero-order valence-corrected chi connectivity index (χ0v) is 16.1. The molecule has 3 aromatic carbocycles. The lowest BCUT2D eigenvalue weighted by atomic mass is 9.89. The number of hydrogen-bond acceptors (Lipinski definition) is 5. The number of benzene rings is 3. The molecule has 1 N–H and O–H groups in total. The lowest BCUT2D eigenvalue weighted by Crippen LogP contribution is -2.23. The van der Waals surface area contributed by atoms with Gasteiger partial charge in [-0.3, -0.25) is 4.79 Å². The zero-order chi connectivity index (χ0) is 20.4. The molecule has 5 nitrogen and oxygen atoms in total. The van der Waals surface area contributed by atoms with E-state index in [9.17, 15) is 9.90 Å². The number of carbonyl (C=O) groups excluding carboxylic acids is 1. The molecule has 29 heavy (non-hydrogen) atoms. The maximum atomic E-state index is 13.3. The second-order valence-electron chi connectivity index (χ2n) is 6.66. The van der Waals surface area contributed by atoms with Gasteiger partial charge in [0.2, 0.25) is 0 Å². The molecule has 0 saturated heterocycles. The van der Waals surface area contributed by atoms with Gasteiger partial charge in [0.15, 0.2) is 11.9 Å². The van der Waals surface area contributed by atoms with Crippen molar-refractivity contribution in [1.82, 2.24) is 0 Å². The number of aromatic hydroxyl groups is 1. The predicted octanol–water partition coefficient (Wildman–Crippen LogP) is 4.81. The van der Waals surface area contributed by atoms with Crippen LogP contribution in [-0.4, -0.2) is 25.1 Å². The van der Waals surface area contributed by atoms with E-state index in [-0.39, 0.29) is 11.5 Å². The first-order valence-electron chi connectivity index (χ1n) is 9.13. The molecule has 1 atom stereocenters. The van der Waals surface area contributed by atoms with Crippen LogP contribution < -0.4 is 14.2 Å². The number of methoxy groups -OCH3 is 2. The van der Waals surface area contributed by atoms with Gasteiger partial charge in [0, 0.05) is 5.57 Å². The predicted molar refractivity (Wildman–Crippen MR) is 110 cm³/mol. The molecule has 1 unspecified atom stereocenters. The Labute approximate surface area is 168 Å². The highest BCUT2D eigenvalue weighted by molar-refractivity contribution is 6.14. The van der Waals surface area contributed by atoms with E-state index < -0.39 is 6.10 Å². The zero-order valence-electron chi connectivity index (χ0n) is 16.1. The summed E-state index contributed by atoms with van der Waals surface area (Å²) in [6.45, 7) is 0. The molecular weight excluding hydrogens is 368 g/mol. The maximum absolute atomic E-state index is 13.3. The molecule has 1 heterocycles. The molecule has 0 spiro atoms. The molecule has 146 valence electrons. The van der Waals surface area contributed by atoms with Crippen molar-refractivity contribution in [2.45, 2.75) is 6.10 Å². The number of hydrogen-bond donors (Lipinski definition) is 1. The average Bonchev–Trinajstić information content (AvgIpc) is 2.76. The lowest BCUT2D eigenvalue weighted by Gasteiger charge is -2.28. The van der Waals surface area contributed by atoms with Crippen molar-refractivity contribution < 1.29 is 24.1 Å². The molecule has 0 aliphatic carbocycles. The van der Waals surface area contributed by atoms with Crippen LogP contribution in [-0.2, 0) is 0 Å². The highest BCUT2D eigenvalue weighted by Crippen LogP contribution is 2.41. The van der Waals surface area contributed by atoms with E-state index in [0.29, 0.717) is 22.6 Å². The van der Waals surface area contributed by atoms with E-state index in [4.69, 9.17) is 14.2 Å². The number of rotatable bonds is 4. The van der Waals surface area contributed by atoms with Gasteiger partial charge in [0.1, 0.15) is 23.0 Å². The Morgan fingerprint density at radius 2 is 1.69 bits per heavy atom. The van der Waals surface area contributed by atoms with Crippen molar-refractivity contribution in [2.75, 3.05) is 14.2 Å². The van der Waals surface area contributed by atoms with Gasteiger partial charge in [-0.1, -0.05) is 24.3 Å². The summed E-state index contributed by atoms with van der Waals surface area (Å²) in [5, 5.41) is 9.83. The fraction of sp³-hybridized carbons (Fsp3) is 0.125. The van der Waals surface area contributed by atoms with Gasteiger partial charge in [-0.05, 0) is 59.7 Å². The van der Waals surface area contributed by atoms with E-state index >= 15 is 0 Å². The Morgan fingerprint density at radius 1 is 0.931 bits per heavy atom. The summed E-state index contributed by atoms with van der Waals surface area (Å²) in [6.07, 6.45) is 1.21. The van der Waals surface area contributed by atoms with Crippen molar-refractivity contribution in [3.8, 4) is 23.0 Å². The minimum Gasteiger partial charge on any atom is -0.508 e. The van der Waals surface area contributed by atoms with E-state index in [1.165, 1.54) is 12.1 Å². The Hall–Kier alpha value is -3.73. The largest absolute Gasteiger partial charge is 0.508 e. The molecule has 0 fully saturated rings. The summed E-state index contributed by atoms with van der Waals surface area (Å²) in [4.78, 5) is 13.3. The van der Waals surface area contributed by atoms with Crippen LogP contribution in [0.4, 0.5) is 0 Å². The molecule has 0 amide bonds. The highest BCUT2D eigenvalue weighted by Gasteiger charge is 2.33. The van der Waals surface area contributed by atoms with Gasteiger partial charge in [-0.15, -0.1) is 0 Å². The first-order valence-corrected chi connectivity index (χ1v) is 9.13. The van der Waals surface area contributed by atoms with Crippen LogP contribution in [0.3, 0.4) is 0 Å². The van der Waals surface area contributed by atoms with E-state index in [0.717, 1.165) is 16.9 Å². The summed E-state index contributed by atoms with van der Waals surface area (Å²) in [7, 11) is 3.20.